The van der Waals surface area contributed by atoms with Crippen LogP contribution in [0, 0.1) is 0 Å². The van der Waals surface area contributed by atoms with Crippen LogP contribution in [0.15, 0.2) is 46.1 Å². The van der Waals surface area contributed by atoms with Gasteiger partial charge in [-0.1, -0.05) is 23.7 Å². The summed E-state index contributed by atoms with van der Waals surface area (Å²) in [4.78, 5) is 35.2. The minimum absolute atomic E-state index is 0.364. The third-order valence-corrected chi connectivity index (χ3v) is 3.02. The summed E-state index contributed by atoms with van der Waals surface area (Å²) in [7, 11) is 1.50. The molecule has 7 heteroatoms. The molecule has 1 amide bonds. The highest BCUT2D eigenvalue weighted by Gasteiger charge is 2.10. The first-order chi connectivity index (χ1) is 9.49. The molecular weight excluding hydrogens is 282 g/mol. The second kappa shape index (κ2) is 5.75. The number of carbonyl (C=O) groups is 1. The molecule has 2 rings (SSSR count). The summed E-state index contributed by atoms with van der Waals surface area (Å²) in [5, 5.41) is 2.94. The number of halogens is 1. The number of aromatic nitrogens is 2. The van der Waals surface area contributed by atoms with E-state index < -0.39 is 17.2 Å². The molecular formula is C13H12ClN3O3. The van der Waals surface area contributed by atoms with Crippen LogP contribution >= 0.6 is 11.6 Å². The zero-order valence-corrected chi connectivity index (χ0v) is 11.4. The van der Waals surface area contributed by atoms with E-state index in [2.05, 4.69) is 5.32 Å². The van der Waals surface area contributed by atoms with Gasteiger partial charge in [-0.15, -0.1) is 0 Å². The topological polar surface area (TPSA) is 73.1 Å². The van der Waals surface area contributed by atoms with Crippen molar-refractivity contribution in [3.63, 3.8) is 0 Å². The maximum Gasteiger partial charge on any atom is 0.331 e. The summed E-state index contributed by atoms with van der Waals surface area (Å²) in [6.45, 7) is -0.364. The van der Waals surface area contributed by atoms with Crippen LogP contribution in [0.2, 0.25) is 5.02 Å². The normalized spacial score (nSPS) is 10.3. The van der Waals surface area contributed by atoms with Gasteiger partial charge in [0.25, 0.3) is 5.56 Å². The zero-order chi connectivity index (χ0) is 14.7. The predicted molar refractivity (Wildman–Crippen MR) is 76.0 cm³/mol. The molecule has 0 atom stereocenters. The van der Waals surface area contributed by atoms with Gasteiger partial charge in [-0.05, 0) is 12.1 Å². The van der Waals surface area contributed by atoms with Crippen molar-refractivity contribution in [2.24, 2.45) is 7.05 Å². The summed E-state index contributed by atoms with van der Waals surface area (Å²) in [6, 6.07) is 7.94. The number of carbonyl (C=O) groups excluding carboxylic acids is 1. The first-order valence-corrected chi connectivity index (χ1v) is 6.17. The summed E-state index contributed by atoms with van der Waals surface area (Å²) in [5.74, 6) is -0.497. The monoisotopic (exact) mass is 293 g/mol. The molecule has 20 heavy (non-hydrogen) atoms. The standard InChI is InChI=1S/C13H12ClN3O3/c1-16-7-6-12(19)17(13(16)20)8-11(18)15-10-5-3-2-4-9(10)14/h2-7H,8H2,1H3,(H,15,18). The van der Waals surface area contributed by atoms with Crippen LogP contribution in [0.5, 0.6) is 0 Å². The maximum atomic E-state index is 11.9. The van der Waals surface area contributed by atoms with E-state index in [-0.39, 0.29) is 6.54 Å². The predicted octanol–water partition coefficient (Wildman–Crippen LogP) is 0.839. The molecule has 104 valence electrons. The smallest absolute Gasteiger partial charge is 0.323 e. The van der Waals surface area contributed by atoms with Crippen molar-refractivity contribution in [2.45, 2.75) is 6.54 Å². The average molecular weight is 294 g/mol. The van der Waals surface area contributed by atoms with E-state index in [0.29, 0.717) is 10.7 Å². The Morgan fingerprint density at radius 1 is 1.25 bits per heavy atom. The summed E-state index contributed by atoms with van der Waals surface area (Å²) < 4.78 is 2.08. The van der Waals surface area contributed by atoms with E-state index in [0.717, 1.165) is 4.57 Å². The number of aryl methyl sites for hydroxylation is 1. The number of amides is 1. The highest BCUT2D eigenvalue weighted by Crippen LogP contribution is 2.20. The fourth-order valence-electron chi connectivity index (χ4n) is 1.66. The number of para-hydroxylation sites is 1. The molecule has 6 nitrogen and oxygen atoms in total. The number of nitrogens with zero attached hydrogens (tertiary/aromatic N) is 2. The Hall–Kier alpha value is -2.34. The van der Waals surface area contributed by atoms with Gasteiger partial charge in [0.15, 0.2) is 0 Å². The minimum Gasteiger partial charge on any atom is -0.323 e. The lowest BCUT2D eigenvalue weighted by Crippen LogP contribution is -2.40. The fourth-order valence-corrected chi connectivity index (χ4v) is 1.84. The Kier molecular flexibility index (Phi) is 4.05. The van der Waals surface area contributed by atoms with E-state index in [1.165, 1.54) is 23.9 Å². The molecule has 0 spiro atoms. The van der Waals surface area contributed by atoms with Crippen molar-refractivity contribution >= 4 is 23.2 Å². The van der Waals surface area contributed by atoms with E-state index >= 15 is 0 Å². The van der Waals surface area contributed by atoms with Crippen molar-refractivity contribution in [2.75, 3.05) is 5.32 Å². The van der Waals surface area contributed by atoms with E-state index in [1.807, 2.05) is 0 Å². The molecule has 0 radical (unpaired) electrons. The van der Waals surface area contributed by atoms with Gasteiger partial charge in [-0.2, -0.15) is 0 Å². The molecule has 0 bridgehead atoms. The van der Waals surface area contributed by atoms with Gasteiger partial charge in [0.05, 0.1) is 10.7 Å². The van der Waals surface area contributed by atoms with Crippen LogP contribution in [0.1, 0.15) is 0 Å². The number of benzene rings is 1. The molecule has 2 aromatic rings. The first-order valence-electron chi connectivity index (χ1n) is 5.80. The van der Waals surface area contributed by atoms with Crippen molar-refractivity contribution < 1.29 is 4.79 Å². The summed E-state index contributed by atoms with van der Waals surface area (Å²) in [6.07, 6.45) is 1.35. The van der Waals surface area contributed by atoms with Gasteiger partial charge in [0.1, 0.15) is 6.54 Å². The summed E-state index contributed by atoms with van der Waals surface area (Å²) >= 11 is 5.91. The lowest BCUT2D eigenvalue weighted by Gasteiger charge is -2.08. The van der Waals surface area contributed by atoms with Gasteiger partial charge in [0.2, 0.25) is 5.91 Å². The average Bonchev–Trinajstić information content (AvgIpc) is 2.42. The van der Waals surface area contributed by atoms with Gasteiger partial charge < -0.3 is 9.88 Å². The molecule has 0 aliphatic rings. The number of nitrogens with one attached hydrogen (secondary N) is 1. The Morgan fingerprint density at radius 3 is 2.65 bits per heavy atom. The van der Waals surface area contributed by atoms with Crippen LogP contribution in [0.25, 0.3) is 0 Å². The number of rotatable bonds is 3. The van der Waals surface area contributed by atoms with Crippen molar-refractivity contribution in [1.29, 1.82) is 0 Å². The molecule has 0 saturated carbocycles. The number of anilines is 1. The quantitative estimate of drug-likeness (QED) is 0.911. The molecule has 0 fully saturated rings. The second-order valence-corrected chi connectivity index (χ2v) is 4.57. The largest absolute Gasteiger partial charge is 0.331 e. The van der Waals surface area contributed by atoms with Gasteiger partial charge >= 0.3 is 5.69 Å². The first kappa shape index (κ1) is 14.1. The van der Waals surface area contributed by atoms with Crippen LogP contribution in [0.4, 0.5) is 5.69 Å². The Morgan fingerprint density at radius 2 is 1.95 bits per heavy atom. The third-order valence-electron chi connectivity index (χ3n) is 2.69. The zero-order valence-electron chi connectivity index (χ0n) is 10.7. The number of hydrogen-bond donors (Lipinski definition) is 1. The summed E-state index contributed by atoms with van der Waals surface area (Å²) in [5.41, 5.74) is -0.644. The van der Waals surface area contributed by atoms with Crippen molar-refractivity contribution in [3.05, 3.63) is 62.4 Å². The van der Waals surface area contributed by atoms with Crippen molar-refractivity contribution in [1.82, 2.24) is 9.13 Å². The molecule has 1 aromatic heterocycles. The molecule has 0 aliphatic carbocycles. The minimum atomic E-state index is -0.549. The fraction of sp³-hybridized carbons (Fsp3) is 0.154. The lowest BCUT2D eigenvalue weighted by atomic mass is 10.3. The molecule has 0 aliphatic heterocycles. The SMILES string of the molecule is Cn1ccc(=O)n(CC(=O)Nc2ccccc2Cl)c1=O. The molecule has 0 saturated heterocycles. The Balaban J connectivity index is 2.22. The molecule has 1 heterocycles. The van der Waals surface area contributed by atoms with Crippen LogP contribution in [0.3, 0.4) is 0 Å². The molecule has 0 unspecified atom stereocenters. The van der Waals surface area contributed by atoms with Crippen LogP contribution in [-0.4, -0.2) is 15.0 Å². The van der Waals surface area contributed by atoms with Crippen molar-refractivity contribution in [3.8, 4) is 0 Å². The van der Waals surface area contributed by atoms with E-state index in [4.69, 9.17) is 11.6 Å². The highest BCUT2D eigenvalue weighted by molar-refractivity contribution is 6.33. The van der Waals surface area contributed by atoms with E-state index in [1.54, 1.807) is 24.3 Å². The van der Waals surface area contributed by atoms with Crippen LogP contribution in [-0.2, 0) is 18.4 Å². The lowest BCUT2D eigenvalue weighted by molar-refractivity contribution is -0.116. The third kappa shape index (κ3) is 2.97. The Labute approximate surface area is 119 Å². The molecule has 1 N–H and O–H groups in total. The second-order valence-electron chi connectivity index (χ2n) is 4.16. The van der Waals surface area contributed by atoms with Crippen LogP contribution < -0.4 is 16.6 Å². The number of hydrogen-bond acceptors (Lipinski definition) is 3. The van der Waals surface area contributed by atoms with Gasteiger partial charge in [0, 0.05) is 19.3 Å². The highest BCUT2D eigenvalue weighted by atomic mass is 35.5. The van der Waals surface area contributed by atoms with Gasteiger partial charge in [-0.25, -0.2) is 4.79 Å². The maximum absolute atomic E-state index is 11.9. The molecule has 1 aromatic carbocycles. The Bertz CT molecular complexity index is 764. The van der Waals surface area contributed by atoms with E-state index in [9.17, 15) is 14.4 Å². The van der Waals surface area contributed by atoms with Gasteiger partial charge in [-0.3, -0.25) is 14.2 Å².